The van der Waals surface area contributed by atoms with Gasteiger partial charge in [0.2, 0.25) is 5.88 Å². The van der Waals surface area contributed by atoms with Crippen LogP contribution < -0.4 is 10.1 Å². The number of ether oxygens (including phenoxy) is 1. The minimum atomic E-state index is -0.337. The van der Waals surface area contributed by atoms with Crippen LogP contribution in [0.4, 0.5) is 4.39 Å². The van der Waals surface area contributed by atoms with Crippen LogP contribution in [0.3, 0.4) is 0 Å². The number of carbonyl (C=O) groups excluding carboxylic acids is 1. The molecule has 2 heterocycles. The Morgan fingerprint density at radius 1 is 1.10 bits per heavy atom. The first-order valence-electron chi connectivity index (χ1n) is 8.93. The van der Waals surface area contributed by atoms with Crippen LogP contribution in [-0.4, -0.2) is 27.6 Å². The lowest BCUT2D eigenvalue weighted by atomic mass is 10.1. The molecule has 0 aliphatic heterocycles. The van der Waals surface area contributed by atoms with Gasteiger partial charge in [0.25, 0.3) is 11.6 Å². The Morgan fingerprint density at radius 2 is 1.86 bits per heavy atom. The van der Waals surface area contributed by atoms with Crippen LogP contribution in [-0.2, 0) is 11.3 Å². The van der Waals surface area contributed by atoms with Gasteiger partial charge < -0.3 is 14.6 Å². The maximum atomic E-state index is 13.0. The number of amides is 1. The van der Waals surface area contributed by atoms with E-state index in [9.17, 15) is 9.18 Å². The summed E-state index contributed by atoms with van der Waals surface area (Å²) in [5.41, 5.74) is 2.44. The molecule has 2 aromatic heterocycles. The third kappa shape index (κ3) is 4.21. The summed E-state index contributed by atoms with van der Waals surface area (Å²) in [5, 5.41) is 7.32. The molecule has 7 nitrogen and oxygen atoms in total. The van der Waals surface area contributed by atoms with Gasteiger partial charge in [-0.25, -0.2) is 4.39 Å². The Morgan fingerprint density at radius 3 is 2.62 bits per heavy atom. The van der Waals surface area contributed by atoms with Gasteiger partial charge >= 0.3 is 0 Å². The smallest absolute Gasteiger partial charge is 0.265 e. The van der Waals surface area contributed by atoms with E-state index < -0.39 is 0 Å². The highest BCUT2D eigenvalue weighted by Crippen LogP contribution is 2.32. The number of hydrogen-bond donors (Lipinski definition) is 1. The first-order chi connectivity index (χ1) is 14.1. The van der Waals surface area contributed by atoms with E-state index in [1.807, 2.05) is 30.3 Å². The number of aryl methyl sites for hydroxylation is 1. The largest absolute Gasteiger partial charge is 0.467 e. The van der Waals surface area contributed by atoms with Crippen LogP contribution in [0.5, 0.6) is 5.88 Å². The summed E-state index contributed by atoms with van der Waals surface area (Å²) in [6.45, 7) is 1.72. The molecule has 4 aromatic rings. The van der Waals surface area contributed by atoms with Crippen LogP contribution in [0.25, 0.3) is 22.4 Å². The molecule has 0 bridgehead atoms. The topological polar surface area (TPSA) is 90.1 Å². The average Bonchev–Trinajstić information content (AvgIpc) is 3.16. The van der Waals surface area contributed by atoms with Crippen LogP contribution in [0, 0.1) is 12.7 Å². The van der Waals surface area contributed by atoms with Gasteiger partial charge in [-0.2, -0.15) is 9.97 Å². The summed E-state index contributed by atoms with van der Waals surface area (Å²) in [7, 11) is 0. The molecule has 0 fully saturated rings. The van der Waals surface area contributed by atoms with Crippen molar-refractivity contribution < 1.29 is 18.4 Å². The van der Waals surface area contributed by atoms with E-state index in [-0.39, 0.29) is 36.5 Å². The normalized spacial score (nSPS) is 10.8. The molecule has 1 amide bonds. The summed E-state index contributed by atoms with van der Waals surface area (Å²) in [6, 6.07) is 15.3. The zero-order chi connectivity index (χ0) is 20.2. The van der Waals surface area contributed by atoms with E-state index in [1.165, 1.54) is 12.1 Å². The van der Waals surface area contributed by atoms with Crippen molar-refractivity contribution in [3.63, 3.8) is 0 Å². The summed E-state index contributed by atoms with van der Waals surface area (Å²) in [5.74, 6) is 0.00507. The molecule has 29 heavy (non-hydrogen) atoms. The molecule has 4 rings (SSSR count). The molecule has 0 saturated heterocycles. The molecule has 0 radical (unpaired) electrons. The van der Waals surface area contributed by atoms with E-state index in [0.717, 1.165) is 11.1 Å². The Kier molecular flexibility index (Phi) is 5.15. The summed E-state index contributed by atoms with van der Waals surface area (Å²) < 4.78 is 24.0. The molecule has 0 atom stereocenters. The Bertz CT molecular complexity index is 1140. The molecule has 1 N–H and O–H groups in total. The van der Waals surface area contributed by atoms with Crippen molar-refractivity contribution in [3.05, 3.63) is 71.8 Å². The van der Waals surface area contributed by atoms with Gasteiger partial charge in [-0.05, 0) is 24.6 Å². The maximum absolute atomic E-state index is 13.0. The highest BCUT2D eigenvalue weighted by Gasteiger charge is 2.19. The van der Waals surface area contributed by atoms with Crippen molar-refractivity contribution in [1.82, 2.24) is 20.4 Å². The van der Waals surface area contributed by atoms with Gasteiger partial charge in [0, 0.05) is 12.1 Å². The monoisotopic (exact) mass is 392 g/mol. The van der Waals surface area contributed by atoms with Crippen molar-refractivity contribution in [3.8, 4) is 17.1 Å². The Hall–Kier alpha value is -3.81. The average molecular weight is 392 g/mol. The first-order valence-corrected chi connectivity index (χ1v) is 8.93. The van der Waals surface area contributed by atoms with Gasteiger partial charge in [0.1, 0.15) is 22.7 Å². The molecule has 0 unspecified atom stereocenters. The number of halogens is 1. The van der Waals surface area contributed by atoms with Crippen LogP contribution in [0.15, 0.2) is 59.1 Å². The number of aromatic nitrogens is 3. The molecule has 8 heteroatoms. The number of benzene rings is 2. The standard InChI is InChI=1S/C21H17FN4O3/c1-13-24-20(28-12-17(27)23-11-14-7-9-16(22)10-8-14)18-19(26-29-21(18)25-13)15-5-3-2-4-6-15/h2-10H,11-12H2,1H3,(H,23,27). The Balaban J connectivity index is 1.50. The molecule has 0 saturated carbocycles. The van der Waals surface area contributed by atoms with Crippen molar-refractivity contribution in [2.75, 3.05) is 6.61 Å². The Labute approximate surface area is 165 Å². The highest BCUT2D eigenvalue weighted by atomic mass is 19.1. The third-order valence-electron chi connectivity index (χ3n) is 4.20. The number of fused-ring (bicyclic) bond motifs is 1. The summed E-state index contributed by atoms with van der Waals surface area (Å²) in [6.07, 6.45) is 0. The summed E-state index contributed by atoms with van der Waals surface area (Å²) >= 11 is 0. The second-order valence-electron chi connectivity index (χ2n) is 6.35. The number of rotatable bonds is 6. The lowest BCUT2D eigenvalue weighted by Gasteiger charge is -2.08. The number of carbonyl (C=O) groups is 1. The van der Waals surface area contributed by atoms with E-state index in [1.54, 1.807) is 19.1 Å². The van der Waals surface area contributed by atoms with Crippen LogP contribution in [0.1, 0.15) is 11.4 Å². The molecule has 146 valence electrons. The minimum absolute atomic E-state index is 0.226. The molecular weight excluding hydrogens is 375 g/mol. The molecule has 0 aliphatic rings. The fraction of sp³-hybridized carbons (Fsp3) is 0.143. The number of hydrogen-bond acceptors (Lipinski definition) is 6. The van der Waals surface area contributed by atoms with Crippen molar-refractivity contribution >= 4 is 17.0 Å². The molecule has 0 aliphatic carbocycles. The van der Waals surface area contributed by atoms with E-state index in [4.69, 9.17) is 9.26 Å². The highest BCUT2D eigenvalue weighted by molar-refractivity contribution is 5.93. The third-order valence-corrected chi connectivity index (χ3v) is 4.20. The zero-order valence-electron chi connectivity index (χ0n) is 15.6. The minimum Gasteiger partial charge on any atom is -0.467 e. The van der Waals surface area contributed by atoms with Crippen molar-refractivity contribution in [2.24, 2.45) is 0 Å². The van der Waals surface area contributed by atoms with Gasteiger partial charge in [-0.1, -0.05) is 47.6 Å². The predicted octanol–water partition coefficient (Wildman–Crippen LogP) is 3.43. The summed E-state index contributed by atoms with van der Waals surface area (Å²) in [4.78, 5) is 20.7. The fourth-order valence-corrected chi connectivity index (χ4v) is 2.81. The zero-order valence-corrected chi connectivity index (χ0v) is 15.6. The van der Waals surface area contributed by atoms with Crippen LogP contribution >= 0.6 is 0 Å². The number of nitrogens with one attached hydrogen (secondary N) is 1. The van der Waals surface area contributed by atoms with Crippen molar-refractivity contribution in [1.29, 1.82) is 0 Å². The second-order valence-corrected chi connectivity index (χ2v) is 6.35. The second kappa shape index (κ2) is 8.05. The van der Waals surface area contributed by atoms with Gasteiger partial charge in [-0.15, -0.1) is 0 Å². The lowest BCUT2D eigenvalue weighted by molar-refractivity contribution is -0.123. The SMILES string of the molecule is Cc1nc(OCC(=O)NCc2ccc(F)cc2)c2c(-c3ccccc3)noc2n1. The maximum Gasteiger partial charge on any atom is 0.265 e. The van der Waals surface area contributed by atoms with E-state index in [0.29, 0.717) is 16.9 Å². The lowest BCUT2D eigenvalue weighted by Crippen LogP contribution is -2.28. The molecule has 2 aromatic carbocycles. The van der Waals surface area contributed by atoms with Crippen LogP contribution in [0.2, 0.25) is 0 Å². The first kappa shape index (κ1) is 18.5. The van der Waals surface area contributed by atoms with Gasteiger partial charge in [0.05, 0.1) is 0 Å². The van der Waals surface area contributed by atoms with E-state index in [2.05, 4.69) is 20.4 Å². The quantitative estimate of drug-likeness (QED) is 0.541. The van der Waals surface area contributed by atoms with Crippen molar-refractivity contribution in [2.45, 2.75) is 13.5 Å². The molecular formula is C21H17FN4O3. The number of nitrogens with zero attached hydrogens (tertiary/aromatic N) is 3. The predicted molar refractivity (Wildman–Crippen MR) is 104 cm³/mol. The fourth-order valence-electron chi connectivity index (χ4n) is 2.81. The molecule has 0 spiro atoms. The van der Waals surface area contributed by atoms with E-state index >= 15 is 0 Å². The van der Waals surface area contributed by atoms with Gasteiger partial charge in [-0.3, -0.25) is 4.79 Å². The van der Waals surface area contributed by atoms with Gasteiger partial charge in [0.15, 0.2) is 6.61 Å².